The van der Waals surface area contributed by atoms with Gasteiger partial charge in [-0.05, 0) is 39.8 Å². The molecule has 3 aromatic rings. The molecule has 24 heavy (non-hydrogen) atoms. The standard InChI is InChI=1S/C18H21N5O/c1-11-12(2)20-21-17(11)18(24)19-10-16-13(3)22-23(14(16)4)15-8-6-5-7-9-15/h5-9H,10H2,1-4H3,(H,19,24)(H,20,21). The number of aromatic amines is 1. The highest BCUT2D eigenvalue weighted by atomic mass is 16.1. The first kappa shape index (κ1) is 16.0. The molecule has 0 spiro atoms. The van der Waals surface area contributed by atoms with Crippen LogP contribution in [0.3, 0.4) is 0 Å². The van der Waals surface area contributed by atoms with E-state index in [9.17, 15) is 4.79 Å². The lowest BCUT2D eigenvalue weighted by molar-refractivity contribution is 0.0945. The Bertz CT molecular complexity index is 876. The van der Waals surface area contributed by atoms with E-state index in [0.717, 1.165) is 33.9 Å². The molecule has 2 heterocycles. The summed E-state index contributed by atoms with van der Waals surface area (Å²) in [5.74, 6) is -0.178. The molecule has 0 atom stereocenters. The van der Waals surface area contributed by atoms with Crippen LogP contribution < -0.4 is 5.32 Å². The van der Waals surface area contributed by atoms with Crippen molar-refractivity contribution in [2.45, 2.75) is 34.2 Å². The topological polar surface area (TPSA) is 75.6 Å². The Hall–Kier alpha value is -2.89. The summed E-state index contributed by atoms with van der Waals surface area (Å²) in [7, 11) is 0. The Kier molecular flexibility index (Phi) is 4.20. The predicted octanol–water partition coefficient (Wildman–Crippen LogP) is 2.76. The number of para-hydroxylation sites is 1. The molecular formula is C18H21N5O. The highest BCUT2D eigenvalue weighted by Gasteiger charge is 2.17. The van der Waals surface area contributed by atoms with Crippen LogP contribution >= 0.6 is 0 Å². The van der Waals surface area contributed by atoms with E-state index in [2.05, 4.69) is 20.6 Å². The fourth-order valence-corrected chi connectivity index (χ4v) is 2.71. The van der Waals surface area contributed by atoms with Crippen LogP contribution in [0.15, 0.2) is 30.3 Å². The minimum atomic E-state index is -0.178. The fourth-order valence-electron chi connectivity index (χ4n) is 2.71. The summed E-state index contributed by atoms with van der Waals surface area (Å²) < 4.78 is 1.90. The molecule has 2 N–H and O–H groups in total. The third kappa shape index (κ3) is 2.82. The quantitative estimate of drug-likeness (QED) is 0.775. The second kappa shape index (κ2) is 6.31. The molecule has 0 unspecified atom stereocenters. The van der Waals surface area contributed by atoms with Gasteiger partial charge < -0.3 is 5.32 Å². The number of nitrogens with zero attached hydrogens (tertiary/aromatic N) is 3. The van der Waals surface area contributed by atoms with E-state index in [4.69, 9.17) is 0 Å². The van der Waals surface area contributed by atoms with Crippen molar-refractivity contribution in [3.8, 4) is 5.69 Å². The Balaban J connectivity index is 1.80. The number of carbonyl (C=O) groups is 1. The van der Waals surface area contributed by atoms with E-state index in [1.54, 1.807) is 0 Å². The number of hydrogen-bond donors (Lipinski definition) is 2. The molecule has 1 amide bonds. The van der Waals surface area contributed by atoms with Gasteiger partial charge >= 0.3 is 0 Å². The van der Waals surface area contributed by atoms with E-state index in [-0.39, 0.29) is 5.91 Å². The first-order valence-corrected chi connectivity index (χ1v) is 7.89. The zero-order valence-corrected chi connectivity index (χ0v) is 14.3. The van der Waals surface area contributed by atoms with Crippen molar-refractivity contribution in [2.24, 2.45) is 0 Å². The molecule has 0 saturated carbocycles. The summed E-state index contributed by atoms with van der Waals surface area (Å²) in [4.78, 5) is 12.3. The number of benzene rings is 1. The third-order valence-corrected chi connectivity index (χ3v) is 4.34. The molecular weight excluding hydrogens is 302 g/mol. The lowest BCUT2D eigenvalue weighted by atomic mass is 10.1. The molecule has 6 nitrogen and oxygen atoms in total. The molecule has 0 aliphatic carbocycles. The second-order valence-corrected chi connectivity index (χ2v) is 5.90. The van der Waals surface area contributed by atoms with Crippen LogP contribution in [0, 0.1) is 27.7 Å². The van der Waals surface area contributed by atoms with Crippen molar-refractivity contribution in [1.82, 2.24) is 25.3 Å². The number of hydrogen-bond acceptors (Lipinski definition) is 3. The number of carbonyl (C=O) groups excluding carboxylic acids is 1. The van der Waals surface area contributed by atoms with Gasteiger partial charge in [0.25, 0.3) is 5.91 Å². The van der Waals surface area contributed by atoms with Gasteiger partial charge in [-0.25, -0.2) is 4.68 Å². The van der Waals surface area contributed by atoms with Gasteiger partial charge in [-0.3, -0.25) is 9.89 Å². The van der Waals surface area contributed by atoms with Crippen molar-refractivity contribution in [1.29, 1.82) is 0 Å². The van der Waals surface area contributed by atoms with Gasteiger partial charge in [0, 0.05) is 29.1 Å². The van der Waals surface area contributed by atoms with Crippen LogP contribution in [0.25, 0.3) is 5.69 Å². The van der Waals surface area contributed by atoms with Crippen molar-refractivity contribution >= 4 is 5.91 Å². The molecule has 0 aliphatic heterocycles. The Morgan fingerprint density at radius 3 is 2.50 bits per heavy atom. The lowest BCUT2D eigenvalue weighted by Crippen LogP contribution is -2.24. The maximum absolute atomic E-state index is 12.3. The van der Waals surface area contributed by atoms with E-state index in [0.29, 0.717) is 12.2 Å². The van der Waals surface area contributed by atoms with Gasteiger partial charge in [0.15, 0.2) is 5.69 Å². The minimum absolute atomic E-state index is 0.178. The van der Waals surface area contributed by atoms with E-state index >= 15 is 0 Å². The van der Waals surface area contributed by atoms with Gasteiger partial charge in [-0.2, -0.15) is 10.2 Å². The van der Waals surface area contributed by atoms with E-state index in [1.807, 2.05) is 62.7 Å². The van der Waals surface area contributed by atoms with Crippen LogP contribution in [0.1, 0.15) is 38.7 Å². The summed E-state index contributed by atoms with van der Waals surface area (Å²) in [6.07, 6.45) is 0. The van der Waals surface area contributed by atoms with Crippen molar-refractivity contribution in [3.05, 3.63) is 64.2 Å². The summed E-state index contributed by atoms with van der Waals surface area (Å²) in [6.45, 7) is 8.18. The molecule has 3 rings (SSSR count). The van der Waals surface area contributed by atoms with Crippen molar-refractivity contribution in [2.75, 3.05) is 0 Å². The highest BCUT2D eigenvalue weighted by Crippen LogP contribution is 2.18. The van der Waals surface area contributed by atoms with Crippen LogP contribution in [-0.4, -0.2) is 25.9 Å². The van der Waals surface area contributed by atoms with Gasteiger partial charge in [-0.1, -0.05) is 18.2 Å². The molecule has 0 radical (unpaired) electrons. The minimum Gasteiger partial charge on any atom is -0.346 e. The summed E-state index contributed by atoms with van der Waals surface area (Å²) in [5, 5.41) is 14.4. The number of aromatic nitrogens is 4. The summed E-state index contributed by atoms with van der Waals surface area (Å²) in [6, 6.07) is 9.96. The molecule has 0 aliphatic rings. The number of amides is 1. The van der Waals surface area contributed by atoms with Gasteiger partial charge in [0.2, 0.25) is 0 Å². The summed E-state index contributed by atoms with van der Waals surface area (Å²) >= 11 is 0. The third-order valence-electron chi connectivity index (χ3n) is 4.34. The SMILES string of the molecule is Cc1nn(-c2ccccc2)c(C)c1CNC(=O)c1n[nH]c(C)c1C. The molecule has 0 bridgehead atoms. The number of nitrogens with one attached hydrogen (secondary N) is 2. The Morgan fingerprint density at radius 2 is 1.88 bits per heavy atom. The monoisotopic (exact) mass is 323 g/mol. The van der Waals surface area contributed by atoms with E-state index in [1.165, 1.54) is 0 Å². The van der Waals surface area contributed by atoms with Crippen LogP contribution in [0.2, 0.25) is 0 Å². The average molecular weight is 323 g/mol. The van der Waals surface area contributed by atoms with Crippen LogP contribution in [0.5, 0.6) is 0 Å². The van der Waals surface area contributed by atoms with Gasteiger partial charge in [0.05, 0.1) is 11.4 Å². The van der Waals surface area contributed by atoms with Gasteiger partial charge in [0.1, 0.15) is 0 Å². The molecule has 0 fully saturated rings. The van der Waals surface area contributed by atoms with Gasteiger partial charge in [-0.15, -0.1) is 0 Å². The van der Waals surface area contributed by atoms with E-state index < -0.39 is 0 Å². The second-order valence-electron chi connectivity index (χ2n) is 5.90. The molecule has 1 aromatic carbocycles. The maximum atomic E-state index is 12.3. The number of rotatable bonds is 4. The molecule has 124 valence electrons. The largest absolute Gasteiger partial charge is 0.346 e. The highest BCUT2D eigenvalue weighted by molar-refractivity contribution is 5.93. The van der Waals surface area contributed by atoms with Crippen LogP contribution in [0.4, 0.5) is 0 Å². The lowest BCUT2D eigenvalue weighted by Gasteiger charge is -2.06. The first-order valence-electron chi connectivity index (χ1n) is 7.89. The summed E-state index contributed by atoms with van der Waals surface area (Å²) in [5.41, 5.74) is 6.19. The smallest absolute Gasteiger partial charge is 0.272 e. The maximum Gasteiger partial charge on any atom is 0.272 e. The van der Waals surface area contributed by atoms with Crippen molar-refractivity contribution in [3.63, 3.8) is 0 Å². The molecule has 0 saturated heterocycles. The Labute approximate surface area is 140 Å². The zero-order chi connectivity index (χ0) is 17.3. The fraction of sp³-hybridized carbons (Fsp3) is 0.278. The number of aryl methyl sites for hydroxylation is 2. The predicted molar refractivity (Wildman–Crippen MR) is 92.3 cm³/mol. The normalized spacial score (nSPS) is 10.8. The Morgan fingerprint density at radius 1 is 1.17 bits per heavy atom. The first-order chi connectivity index (χ1) is 11.5. The molecule has 2 aromatic heterocycles. The molecule has 6 heteroatoms. The van der Waals surface area contributed by atoms with Crippen molar-refractivity contribution < 1.29 is 4.79 Å². The average Bonchev–Trinajstić information content (AvgIpc) is 3.06. The van der Waals surface area contributed by atoms with Crippen LogP contribution in [-0.2, 0) is 6.54 Å². The number of H-pyrrole nitrogens is 1. The zero-order valence-electron chi connectivity index (χ0n) is 14.3.